The lowest BCUT2D eigenvalue weighted by Gasteiger charge is -2.43. The van der Waals surface area contributed by atoms with Crippen LogP contribution >= 0.6 is 39.0 Å². The van der Waals surface area contributed by atoms with Crippen molar-refractivity contribution in [2.75, 3.05) is 11.9 Å². The van der Waals surface area contributed by atoms with Crippen molar-refractivity contribution in [3.63, 3.8) is 0 Å². The molecule has 1 aromatic heterocycles. The third-order valence-electron chi connectivity index (χ3n) is 10.8. The smallest absolute Gasteiger partial charge is 0.326 e. The summed E-state index contributed by atoms with van der Waals surface area (Å²) in [6.07, 6.45) is 0.857. The highest BCUT2D eigenvalue weighted by molar-refractivity contribution is 9.10. The molecule has 2 saturated carbocycles. The van der Waals surface area contributed by atoms with Crippen molar-refractivity contribution in [1.82, 2.24) is 9.88 Å². The Labute approximate surface area is 304 Å². The van der Waals surface area contributed by atoms with Gasteiger partial charge in [0.1, 0.15) is 11.8 Å². The number of halogens is 1. The molecular formula is C37H34BrN3O7S2. The van der Waals surface area contributed by atoms with Crippen LogP contribution in [0.1, 0.15) is 43.0 Å². The van der Waals surface area contributed by atoms with Crippen LogP contribution in [0.15, 0.2) is 75.0 Å². The van der Waals surface area contributed by atoms with Gasteiger partial charge >= 0.3 is 10.8 Å². The van der Waals surface area contributed by atoms with E-state index in [1.54, 1.807) is 11.8 Å². The van der Waals surface area contributed by atoms with Crippen molar-refractivity contribution in [2.24, 2.45) is 35.5 Å². The number of hydrogen-bond acceptors (Lipinski definition) is 8. The Balaban J connectivity index is 1.12. The van der Waals surface area contributed by atoms with Gasteiger partial charge in [-0.2, -0.15) is 0 Å². The number of aliphatic carboxylic acids is 1. The summed E-state index contributed by atoms with van der Waals surface area (Å²) >= 11 is 6.31. The van der Waals surface area contributed by atoms with Crippen molar-refractivity contribution in [2.45, 2.75) is 48.9 Å². The van der Waals surface area contributed by atoms with E-state index in [0.717, 1.165) is 46.9 Å². The van der Waals surface area contributed by atoms with Crippen LogP contribution < -0.4 is 14.9 Å². The highest BCUT2D eigenvalue weighted by Crippen LogP contribution is 2.69. The number of benzene rings is 3. The SMILES string of the molecule is CC(C)CC(C(=O)O)N1C(=O)C2C3CC(C2C1=O)C1C3Sc2[nH]c(=O)sc2[C@@H]1c1cc(Br)ccc1OCC(=O)Nc1cccc2ccccc12. The summed E-state index contributed by atoms with van der Waals surface area (Å²) in [4.78, 5) is 71.2. The number of aromatic amines is 1. The van der Waals surface area contributed by atoms with E-state index in [9.17, 15) is 29.1 Å². The number of likely N-dealkylation sites (tertiary alicyclic amines) is 1. The molecule has 50 heavy (non-hydrogen) atoms. The molecule has 3 fully saturated rings. The number of nitrogens with one attached hydrogen (secondary N) is 2. The normalized spacial score (nSPS) is 27.0. The van der Waals surface area contributed by atoms with Gasteiger partial charge in [0.15, 0.2) is 6.61 Å². The van der Waals surface area contributed by atoms with Gasteiger partial charge < -0.3 is 20.1 Å². The van der Waals surface area contributed by atoms with Gasteiger partial charge in [-0.3, -0.25) is 24.1 Å². The van der Waals surface area contributed by atoms with E-state index < -0.39 is 29.8 Å². The third kappa shape index (κ3) is 5.39. The van der Waals surface area contributed by atoms with Crippen LogP contribution in [0, 0.1) is 35.5 Å². The minimum absolute atomic E-state index is 0.0201. The van der Waals surface area contributed by atoms with E-state index in [-0.39, 0.29) is 64.6 Å². The summed E-state index contributed by atoms with van der Waals surface area (Å²) in [5.74, 6) is -3.85. The second-order valence-electron chi connectivity index (χ2n) is 14.0. The quantitative estimate of drug-likeness (QED) is 0.167. The van der Waals surface area contributed by atoms with Crippen LogP contribution in [0.25, 0.3) is 10.8 Å². The summed E-state index contributed by atoms with van der Waals surface area (Å²) < 4.78 is 7.05. The number of rotatable bonds is 9. The largest absolute Gasteiger partial charge is 0.483 e. The van der Waals surface area contributed by atoms with Gasteiger partial charge in [0, 0.05) is 37.2 Å². The number of H-pyrrole nitrogens is 1. The van der Waals surface area contributed by atoms with Crippen LogP contribution in [0.3, 0.4) is 0 Å². The molecular weight excluding hydrogens is 742 g/mol. The molecule has 3 amide bonds. The minimum Gasteiger partial charge on any atom is -0.483 e. The first-order valence-corrected chi connectivity index (χ1v) is 19.2. The number of imide groups is 1. The fourth-order valence-electron chi connectivity index (χ4n) is 9.02. The van der Waals surface area contributed by atoms with Crippen LogP contribution in [-0.2, 0) is 19.2 Å². The topological polar surface area (TPSA) is 146 Å². The Morgan fingerprint density at radius 1 is 1.04 bits per heavy atom. The van der Waals surface area contributed by atoms with Gasteiger partial charge in [-0.15, -0.1) is 11.8 Å². The summed E-state index contributed by atoms with van der Waals surface area (Å²) in [5, 5.41) is 15.6. The lowest BCUT2D eigenvalue weighted by Crippen LogP contribution is -2.47. The van der Waals surface area contributed by atoms with E-state index in [1.165, 1.54) is 0 Å². The van der Waals surface area contributed by atoms with Crippen LogP contribution in [0.5, 0.6) is 5.75 Å². The first-order chi connectivity index (χ1) is 24.0. The monoisotopic (exact) mass is 775 g/mol. The molecule has 3 heterocycles. The number of anilines is 1. The maximum atomic E-state index is 14.1. The fourth-order valence-corrected chi connectivity index (χ4v) is 12.3. The number of amides is 3. The average molecular weight is 777 g/mol. The first kappa shape index (κ1) is 33.2. The van der Waals surface area contributed by atoms with E-state index in [2.05, 4.69) is 26.2 Å². The molecule has 10 nitrogen and oxygen atoms in total. The Bertz CT molecular complexity index is 2130. The molecule has 258 valence electrons. The molecule has 13 heteroatoms. The van der Waals surface area contributed by atoms with Crippen LogP contribution in [0.2, 0.25) is 0 Å². The number of thioether (sulfide) groups is 1. The lowest BCUT2D eigenvalue weighted by atomic mass is 9.68. The summed E-state index contributed by atoms with van der Waals surface area (Å²) in [6.45, 7) is 3.51. The predicted octanol–water partition coefficient (Wildman–Crippen LogP) is 6.34. The number of carboxylic acids is 1. The number of thiazole rings is 1. The van der Waals surface area contributed by atoms with Gasteiger partial charge in [-0.25, -0.2) is 4.79 Å². The zero-order chi connectivity index (χ0) is 35.0. The molecule has 7 unspecified atom stereocenters. The first-order valence-electron chi connectivity index (χ1n) is 16.7. The molecule has 4 aliphatic rings. The maximum Gasteiger partial charge on any atom is 0.326 e. The van der Waals surface area contributed by atoms with E-state index in [1.807, 2.05) is 74.5 Å². The zero-order valence-corrected chi connectivity index (χ0v) is 30.3. The van der Waals surface area contributed by atoms with E-state index in [4.69, 9.17) is 4.74 Å². The van der Waals surface area contributed by atoms with Crippen molar-refractivity contribution in [3.8, 4) is 5.75 Å². The summed E-state index contributed by atoms with van der Waals surface area (Å²) in [5.41, 5.74) is 1.46. The molecule has 2 aliphatic carbocycles. The number of ether oxygens (including phenoxy) is 1. The molecule has 0 spiro atoms. The van der Waals surface area contributed by atoms with Gasteiger partial charge in [-0.05, 0) is 66.2 Å². The molecule has 1 saturated heterocycles. The maximum absolute atomic E-state index is 14.1. The number of nitrogens with zero attached hydrogens (tertiary/aromatic N) is 1. The fraction of sp³-hybridized carbons (Fsp3) is 0.378. The van der Waals surface area contributed by atoms with Crippen LogP contribution in [0.4, 0.5) is 5.69 Å². The predicted molar refractivity (Wildman–Crippen MR) is 193 cm³/mol. The average Bonchev–Trinajstić information content (AvgIpc) is 3.82. The standard InChI is InChI=1S/C37H34BrN3O7S2/c1-16(2)12-24(36(45)46)41-34(43)29-21-14-22(30(29)35(41)44)31-28(21)27(32-33(49-31)40-37(47)50-32)20-13-18(38)10-11-25(20)48-15-26(42)39-23-9-5-7-17-6-3-4-8-19(17)23/h3-11,13,16,21-22,24,27-31H,12,14-15H2,1-2H3,(H,39,42)(H,40,47)(H,45,46)/t21?,22?,24?,27-,28?,29?,30?,31?/m1/s1. The van der Waals surface area contributed by atoms with E-state index >= 15 is 0 Å². The molecule has 4 aromatic rings. The molecule has 2 bridgehead atoms. The van der Waals surface area contributed by atoms with Gasteiger partial charge in [-0.1, -0.05) is 77.5 Å². The molecule has 8 atom stereocenters. The Hall–Kier alpha value is -3.94. The third-order valence-corrected chi connectivity index (χ3v) is 13.9. The van der Waals surface area contributed by atoms with Crippen molar-refractivity contribution in [1.29, 1.82) is 0 Å². The van der Waals surface area contributed by atoms with Crippen molar-refractivity contribution < 1.29 is 29.0 Å². The molecule has 3 aromatic carbocycles. The Morgan fingerprint density at radius 2 is 1.78 bits per heavy atom. The van der Waals surface area contributed by atoms with Gasteiger partial charge in [0.25, 0.3) is 5.91 Å². The van der Waals surface area contributed by atoms with Crippen molar-refractivity contribution in [3.05, 3.63) is 85.2 Å². The van der Waals surface area contributed by atoms with Gasteiger partial charge in [0.05, 0.1) is 16.9 Å². The number of carbonyl (C=O) groups excluding carboxylic acids is 3. The Morgan fingerprint density at radius 3 is 2.54 bits per heavy atom. The highest BCUT2D eigenvalue weighted by atomic mass is 79.9. The Kier molecular flexibility index (Phi) is 8.42. The summed E-state index contributed by atoms with van der Waals surface area (Å²) in [6, 6.07) is 17.9. The number of fused-ring (bicyclic) bond motifs is 10. The molecule has 8 rings (SSSR count). The second kappa shape index (κ2) is 12.7. The van der Waals surface area contributed by atoms with Crippen molar-refractivity contribution >= 4 is 79.2 Å². The zero-order valence-electron chi connectivity index (χ0n) is 27.1. The molecule has 3 N–H and O–H groups in total. The van der Waals surface area contributed by atoms with Crippen LogP contribution in [-0.4, -0.2) is 56.6 Å². The van der Waals surface area contributed by atoms with Gasteiger partial charge in [0.2, 0.25) is 11.8 Å². The number of carbonyl (C=O) groups is 4. The second-order valence-corrected chi connectivity index (χ2v) is 17.2. The molecule has 0 radical (unpaired) electrons. The summed E-state index contributed by atoms with van der Waals surface area (Å²) in [7, 11) is 0. The lowest BCUT2D eigenvalue weighted by molar-refractivity contribution is -0.156. The number of aromatic nitrogens is 1. The van der Waals surface area contributed by atoms with E-state index in [0.29, 0.717) is 17.9 Å². The number of carboxylic acid groups (broad SMARTS) is 1. The number of hydrogen-bond donors (Lipinski definition) is 3. The highest BCUT2D eigenvalue weighted by Gasteiger charge is 2.70. The molecule has 2 aliphatic heterocycles. The minimum atomic E-state index is -1.20.